The molecular weight excluding hydrogens is 200 g/mol. The average Bonchev–Trinajstić information content (AvgIpc) is 2.33. The first-order chi connectivity index (χ1) is 7.86. The van der Waals surface area contributed by atoms with E-state index in [9.17, 15) is 0 Å². The van der Waals surface area contributed by atoms with Crippen molar-refractivity contribution in [2.45, 2.75) is 70.8 Å². The molecule has 0 aromatic heterocycles. The average molecular weight is 228 g/mol. The molecule has 1 rings (SSSR count). The van der Waals surface area contributed by atoms with Crippen molar-refractivity contribution in [2.24, 2.45) is 5.92 Å². The molecule has 0 bridgehead atoms. The summed E-state index contributed by atoms with van der Waals surface area (Å²) >= 11 is 0. The van der Waals surface area contributed by atoms with Crippen molar-refractivity contribution < 1.29 is 9.47 Å². The van der Waals surface area contributed by atoms with Crippen LogP contribution in [-0.4, -0.2) is 20.0 Å². The zero-order valence-electron chi connectivity index (χ0n) is 11.0. The van der Waals surface area contributed by atoms with E-state index in [1.54, 1.807) is 7.11 Å². The fourth-order valence-corrected chi connectivity index (χ4v) is 2.61. The quantitative estimate of drug-likeness (QED) is 0.459. The molecule has 2 heteroatoms. The highest BCUT2D eigenvalue weighted by Crippen LogP contribution is 2.29. The van der Waals surface area contributed by atoms with Crippen LogP contribution in [0.1, 0.15) is 64.7 Å². The molecule has 0 spiro atoms. The second-order valence-corrected chi connectivity index (χ2v) is 5.07. The highest BCUT2D eigenvalue weighted by Gasteiger charge is 2.20. The Kier molecular flexibility index (Phi) is 7.87. The molecule has 0 radical (unpaired) electrons. The van der Waals surface area contributed by atoms with Crippen molar-refractivity contribution in [3.63, 3.8) is 0 Å². The van der Waals surface area contributed by atoms with Crippen LogP contribution in [0.25, 0.3) is 0 Å². The van der Waals surface area contributed by atoms with Crippen LogP contribution in [0.4, 0.5) is 0 Å². The summed E-state index contributed by atoms with van der Waals surface area (Å²) in [5, 5.41) is 0. The molecule has 1 aliphatic rings. The van der Waals surface area contributed by atoms with Crippen LogP contribution >= 0.6 is 0 Å². The van der Waals surface area contributed by atoms with E-state index >= 15 is 0 Å². The molecule has 0 aliphatic heterocycles. The maximum atomic E-state index is 5.60. The van der Waals surface area contributed by atoms with Crippen LogP contribution in [0.3, 0.4) is 0 Å². The first-order valence-electron chi connectivity index (χ1n) is 6.97. The van der Waals surface area contributed by atoms with Crippen LogP contribution < -0.4 is 0 Å². The molecule has 0 unspecified atom stereocenters. The molecule has 96 valence electrons. The number of hydrogen-bond donors (Lipinski definition) is 0. The molecule has 1 fully saturated rings. The molecule has 0 heterocycles. The van der Waals surface area contributed by atoms with Gasteiger partial charge in [-0.1, -0.05) is 39.0 Å². The lowest BCUT2D eigenvalue weighted by atomic mass is 9.84. The summed E-state index contributed by atoms with van der Waals surface area (Å²) < 4.78 is 10.5. The van der Waals surface area contributed by atoms with Gasteiger partial charge >= 0.3 is 0 Å². The van der Waals surface area contributed by atoms with E-state index in [0.717, 1.165) is 5.92 Å². The van der Waals surface area contributed by atoms with Crippen molar-refractivity contribution in [2.75, 3.05) is 13.9 Å². The Labute approximate surface area is 101 Å². The molecule has 1 saturated carbocycles. The Bertz CT molecular complexity index is 151. The summed E-state index contributed by atoms with van der Waals surface area (Å²) in [6, 6.07) is 0. The Morgan fingerprint density at radius 2 is 1.75 bits per heavy atom. The molecule has 0 aromatic carbocycles. The van der Waals surface area contributed by atoms with Gasteiger partial charge in [0.2, 0.25) is 0 Å². The highest BCUT2D eigenvalue weighted by atomic mass is 16.7. The molecule has 0 N–H and O–H groups in total. The highest BCUT2D eigenvalue weighted by molar-refractivity contribution is 4.72. The van der Waals surface area contributed by atoms with E-state index in [0.29, 0.717) is 12.9 Å². The van der Waals surface area contributed by atoms with Crippen molar-refractivity contribution in [3.8, 4) is 0 Å². The van der Waals surface area contributed by atoms with E-state index in [4.69, 9.17) is 9.47 Å². The van der Waals surface area contributed by atoms with Gasteiger partial charge in [-0.2, -0.15) is 0 Å². The number of hydrogen-bond acceptors (Lipinski definition) is 2. The SMILES string of the molecule is CCCCCCC1CCC(OCOC)CC1. The topological polar surface area (TPSA) is 18.5 Å². The van der Waals surface area contributed by atoms with Crippen LogP contribution in [0.2, 0.25) is 0 Å². The Balaban J connectivity index is 1.98. The minimum atomic E-state index is 0.464. The molecule has 16 heavy (non-hydrogen) atoms. The van der Waals surface area contributed by atoms with Crippen molar-refractivity contribution >= 4 is 0 Å². The molecule has 1 aliphatic carbocycles. The maximum Gasteiger partial charge on any atom is 0.146 e. The maximum absolute atomic E-state index is 5.60. The minimum absolute atomic E-state index is 0.464. The van der Waals surface area contributed by atoms with E-state index in [1.807, 2.05) is 0 Å². The van der Waals surface area contributed by atoms with E-state index in [1.165, 1.54) is 57.8 Å². The Hall–Kier alpha value is -0.0800. The number of methoxy groups -OCH3 is 1. The lowest BCUT2D eigenvalue weighted by Gasteiger charge is -2.28. The van der Waals surface area contributed by atoms with Gasteiger partial charge in [-0.3, -0.25) is 0 Å². The smallest absolute Gasteiger partial charge is 0.146 e. The van der Waals surface area contributed by atoms with Gasteiger partial charge in [0.05, 0.1) is 6.10 Å². The third-order valence-electron chi connectivity index (χ3n) is 3.68. The van der Waals surface area contributed by atoms with Crippen molar-refractivity contribution in [3.05, 3.63) is 0 Å². The summed E-state index contributed by atoms with van der Waals surface area (Å²) in [6.07, 6.45) is 12.7. The lowest BCUT2D eigenvalue weighted by molar-refractivity contribution is -0.0860. The van der Waals surface area contributed by atoms with Gasteiger partial charge in [-0.05, 0) is 31.6 Å². The number of rotatable bonds is 8. The molecule has 0 aromatic rings. The Morgan fingerprint density at radius 1 is 1.00 bits per heavy atom. The van der Waals surface area contributed by atoms with Crippen LogP contribution in [0, 0.1) is 5.92 Å². The lowest BCUT2D eigenvalue weighted by Crippen LogP contribution is -2.22. The van der Waals surface area contributed by atoms with Gasteiger partial charge in [0, 0.05) is 7.11 Å². The number of ether oxygens (including phenoxy) is 2. The van der Waals surface area contributed by atoms with Gasteiger partial charge in [-0.15, -0.1) is 0 Å². The first-order valence-corrected chi connectivity index (χ1v) is 6.97. The zero-order chi connectivity index (χ0) is 11.6. The third-order valence-corrected chi connectivity index (χ3v) is 3.68. The number of unbranched alkanes of at least 4 members (excludes halogenated alkanes) is 3. The standard InChI is InChI=1S/C14H28O2/c1-3-4-5-6-7-13-8-10-14(11-9-13)16-12-15-2/h13-14H,3-12H2,1-2H3. The van der Waals surface area contributed by atoms with Gasteiger partial charge < -0.3 is 9.47 Å². The fraction of sp³-hybridized carbons (Fsp3) is 1.00. The first kappa shape index (κ1) is 14.0. The van der Waals surface area contributed by atoms with Crippen LogP contribution in [0.15, 0.2) is 0 Å². The van der Waals surface area contributed by atoms with Gasteiger partial charge in [0.1, 0.15) is 6.79 Å². The van der Waals surface area contributed by atoms with Crippen LogP contribution in [0.5, 0.6) is 0 Å². The fourth-order valence-electron chi connectivity index (χ4n) is 2.61. The van der Waals surface area contributed by atoms with Crippen molar-refractivity contribution in [1.29, 1.82) is 0 Å². The summed E-state index contributed by atoms with van der Waals surface area (Å²) in [7, 11) is 1.69. The summed E-state index contributed by atoms with van der Waals surface area (Å²) in [5.74, 6) is 0.972. The summed E-state index contributed by atoms with van der Waals surface area (Å²) in [6.45, 7) is 2.74. The summed E-state index contributed by atoms with van der Waals surface area (Å²) in [5.41, 5.74) is 0. The molecule has 0 saturated heterocycles. The predicted octanol–water partition coefficient (Wildman–Crippen LogP) is 4.14. The molecule has 2 nitrogen and oxygen atoms in total. The van der Waals surface area contributed by atoms with E-state index in [2.05, 4.69) is 6.92 Å². The normalized spacial score (nSPS) is 25.9. The molecular formula is C14H28O2. The van der Waals surface area contributed by atoms with Gasteiger partial charge in [0.15, 0.2) is 0 Å². The predicted molar refractivity (Wildman–Crippen MR) is 67.5 cm³/mol. The van der Waals surface area contributed by atoms with Crippen molar-refractivity contribution in [1.82, 2.24) is 0 Å². The second kappa shape index (κ2) is 9.00. The molecule has 0 atom stereocenters. The second-order valence-electron chi connectivity index (χ2n) is 5.07. The van der Waals surface area contributed by atoms with E-state index < -0.39 is 0 Å². The third kappa shape index (κ3) is 5.86. The largest absolute Gasteiger partial charge is 0.359 e. The molecule has 0 amide bonds. The van der Waals surface area contributed by atoms with E-state index in [-0.39, 0.29) is 0 Å². The Morgan fingerprint density at radius 3 is 2.38 bits per heavy atom. The van der Waals surface area contributed by atoms with Gasteiger partial charge in [-0.25, -0.2) is 0 Å². The monoisotopic (exact) mass is 228 g/mol. The zero-order valence-corrected chi connectivity index (χ0v) is 11.0. The van der Waals surface area contributed by atoms with Gasteiger partial charge in [0.25, 0.3) is 0 Å². The van der Waals surface area contributed by atoms with Crippen LogP contribution in [-0.2, 0) is 9.47 Å². The summed E-state index contributed by atoms with van der Waals surface area (Å²) in [4.78, 5) is 0. The minimum Gasteiger partial charge on any atom is -0.359 e.